The highest BCUT2D eigenvalue weighted by Gasteiger charge is 2.21. The fourth-order valence-electron chi connectivity index (χ4n) is 4.79. The van der Waals surface area contributed by atoms with Crippen molar-refractivity contribution < 1.29 is 4.79 Å². The van der Waals surface area contributed by atoms with Gasteiger partial charge >= 0.3 is 0 Å². The molecule has 0 atom stereocenters. The van der Waals surface area contributed by atoms with E-state index >= 15 is 0 Å². The van der Waals surface area contributed by atoms with E-state index in [1.807, 2.05) is 25.1 Å². The van der Waals surface area contributed by atoms with Crippen LogP contribution in [-0.4, -0.2) is 59.6 Å². The zero-order valence-electron chi connectivity index (χ0n) is 21.0. The Bertz CT molecular complexity index is 1110. The predicted octanol–water partition coefficient (Wildman–Crippen LogP) is 4.30. The summed E-state index contributed by atoms with van der Waals surface area (Å²) in [6, 6.07) is 16.7. The molecule has 6 nitrogen and oxygen atoms in total. The minimum absolute atomic E-state index is 0.0847. The van der Waals surface area contributed by atoms with Crippen molar-refractivity contribution in [3.05, 3.63) is 76.9 Å². The molecule has 0 saturated carbocycles. The summed E-state index contributed by atoms with van der Waals surface area (Å²) >= 11 is 0. The number of nitrogens with one attached hydrogen (secondary N) is 1. The molecule has 1 saturated heterocycles. The van der Waals surface area contributed by atoms with Gasteiger partial charge in [-0.15, -0.1) is 0 Å². The summed E-state index contributed by atoms with van der Waals surface area (Å²) < 4.78 is 2.12. The predicted molar refractivity (Wildman–Crippen MR) is 139 cm³/mol. The first-order chi connectivity index (χ1) is 16.5. The monoisotopic (exact) mass is 459 g/mol. The van der Waals surface area contributed by atoms with Crippen LogP contribution in [0.1, 0.15) is 46.5 Å². The number of aromatic nitrogens is 2. The van der Waals surface area contributed by atoms with E-state index in [4.69, 9.17) is 4.98 Å². The average molecular weight is 460 g/mol. The van der Waals surface area contributed by atoms with E-state index in [1.54, 1.807) is 0 Å². The number of hydrogen-bond acceptors (Lipinski definition) is 4. The number of rotatable bonds is 8. The summed E-state index contributed by atoms with van der Waals surface area (Å²) in [6.07, 6.45) is 1.83. The van der Waals surface area contributed by atoms with Crippen LogP contribution in [0.15, 0.2) is 48.5 Å². The Kier molecular flexibility index (Phi) is 7.68. The fourth-order valence-corrected chi connectivity index (χ4v) is 4.79. The van der Waals surface area contributed by atoms with Crippen LogP contribution < -0.4 is 10.2 Å². The Morgan fingerprint density at radius 2 is 1.71 bits per heavy atom. The summed E-state index contributed by atoms with van der Waals surface area (Å²) in [6.45, 7) is 14.0. The molecule has 1 aliphatic rings. The van der Waals surface area contributed by atoms with Gasteiger partial charge in [-0.05, 0) is 56.5 Å². The fraction of sp³-hybridized carbons (Fsp3) is 0.429. The quantitative estimate of drug-likeness (QED) is 0.546. The van der Waals surface area contributed by atoms with Gasteiger partial charge in [0.2, 0.25) is 0 Å². The second kappa shape index (κ2) is 10.9. The molecule has 1 amide bonds. The van der Waals surface area contributed by atoms with E-state index in [0.29, 0.717) is 12.2 Å². The van der Waals surface area contributed by atoms with Gasteiger partial charge in [0, 0.05) is 57.1 Å². The lowest BCUT2D eigenvalue weighted by molar-refractivity contribution is 0.0942. The number of nitrogens with zero attached hydrogens (tertiary/aromatic N) is 4. The lowest BCUT2D eigenvalue weighted by Gasteiger charge is -2.37. The molecule has 1 aromatic heterocycles. The van der Waals surface area contributed by atoms with Crippen molar-refractivity contribution in [2.45, 2.75) is 40.5 Å². The Morgan fingerprint density at radius 3 is 2.41 bits per heavy atom. The molecule has 0 spiro atoms. The van der Waals surface area contributed by atoms with Gasteiger partial charge in [-0.1, -0.05) is 37.3 Å². The van der Waals surface area contributed by atoms with Crippen LogP contribution in [0.2, 0.25) is 0 Å². The van der Waals surface area contributed by atoms with Gasteiger partial charge < -0.3 is 14.8 Å². The van der Waals surface area contributed by atoms with Crippen molar-refractivity contribution in [2.75, 3.05) is 44.2 Å². The SMILES string of the molecule is CCCc1nc(C(=O)NCCN2CCN(c3cccc(C)c3C)CC2)c(C)n1-c1ccccc1. The van der Waals surface area contributed by atoms with Gasteiger partial charge in [-0.25, -0.2) is 4.98 Å². The van der Waals surface area contributed by atoms with Crippen molar-refractivity contribution in [3.63, 3.8) is 0 Å². The summed E-state index contributed by atoms with van der Waals surface area (Å²) in [5.41, 5.74) is 6.55. The van der Waals surface area contributed by atoms with E-state index in [9.17, 15) is 4.79 Å². The Morgan fingerprint density at radius 1 is 0.971 bits per heavy atom. The van der Waals surface area contributed by atoms with Crippen LogP contribution in [0.5, 0.6) is 0 Å². The summed E-state index contributed by atoms with van der Waals surface area (Å²) in [7, 11) is 0. The number of benzene rings is 2. The number of hydrogen-bond donors (Lipinski definition) is 1. The van der Waals surface area contributed by atoms with Crippen LogP contribution in [0.4, 0.5) is 5.69 Å². The third-order valence-electron chi connectivity index (χ3n) is 6.88. The van der Waals surface area contributed by atoms with Crippen LogP contribution >= 0.6 is 0 Å². The van der Waals surface area contributed by atoms with E-state index < -0.39 is 0 Å². The highest BCUT2D eigenvalue weighted by atomic mass is 16.1. The first-order valence-corrected chi connectivity index (χ1v) is 12.4. The molecule has 180 valence electrons. The topological polar surface area (TPSA) is 53.4 Å². The molecule has 1 fully saturated rings. The number of imidazole rings is 1. The molecule has 1 N–H and O–H groups in total. The molecule has 3 aromatic rings. The second-order valence-electron chi connectivity index (χ2n) is 9.19. The minimum atomic E-state index is -0.0847. The molecule has 0 bridgehead atoms. The largest absolute Gasteiger partial charge is 0.369 e. The molecule has 2 heterocycles. The van der Waals surface area contributed by atoms with Crippen molar-refractivity contribution in [2.24, 2.45) is 0 Å². The summed E-state index contributed by atoms with van der Waals surface area (Å²) in [5, 5.41) is 3.11. The van der Waals surface area contributed by atoms with Crippen LogP contribution in [-0.2, 0) is 6.42 Å². The molecular formula is C28H37N5O. The smallest absolute Gasteiger partial charge is 0.271 e. The molecular weight excluding hydrogens is 422 g/mol. The van der Waals surface area contributed by atoms with Crippen LogP contribution in [0.3, 0.4) is 0 Å². The molecule has 34 heavy (non-hydrogen) atoms. The summed E-state index contributed by atoms with van der Waals surface area (Å²) in [5.74, 6) is 0.859. The van der Waals surface area contributed by atoms with Crippen molar-refractivity contribution in [3.8, 4) is 5.69 Å². The number of para-hydroxylation sites is 1. The standard InChI is InChI=1S/C28H37N5O/c1-5-10-26-30-27(23(4)33(26)24-12-7-6-8-13-24)28(34)29-15-16-31-17-19-32(20-18-31)25-14-9-11-21(2)22(25)3/h6-9,11-14H,5,10,15-20H2,1-4H3,(H,29,34). The zero-order valence-corrected chi connectivity index (χ0v) is 21.0. The maximum absolute atomic E-state index is 13.0. The third kappa shape index (κ3) is 5.17. The lowest BCUT2D eigenvalue weighted by Crippen LogP contribution is -2.48. The maximum Gasteiger partial charge on any atom is 0.271 e. The molecule has 1 aliphatic heterocycles. The zero-order chi connectivity index (χ0) is 24.1. The second-order valence-corrected chi connectivity index (χ2v) is 9.19. The van der Waals surface area contributed by atoms with Gasteiger partial charge in [0.1, 0.15) is 11.5 Å². The van der Waals surface area contributed by atoms with E-state index in [1.165, 1.54) is 16.8 Å². The lowest BCUT2D eigenvalue weighted by atomic mass is 10.1. The molecule has 2 aromatic carbocycles. The number of carbonyl (C=O) groups excluding carboxylic acids is 1. The molecule has 0 unspecified atom stereocenters. The summed E-state index contributed by atoms with van der Waals surface area (Å²) in [4.78, 5) is 22.6. The number of carbonyl (C=O) groups is 1. The highest BCUT2D eigenvalue weighted by Crippen LogP contribution is 2.24. The maximum atomic E-state index is 13.0. The van der Waals surface area contributed by atoms with Crippen molar-refractivity contribution in [1.82, 2.24) is 19.8 Å². The van der Waals surface area contributed by atoms with E-state index in [2.05, 4.69) is 70.8 Å². The van der Waals surface area contributed by atoms with Crippen molar-refractivity contribution in [1.29, 1.82) is 0 Å². The normalized spacial score (nSPS) is 14.4. The van der Waals surface area contributed by atoms with E-state index in [-0.39, 0.29) is 5.91 Å². The van der Waals surface area contributed by atoms with Crippen LogP contribution in [0, 0.1) is 20.8 Å². The van der Waals surface area contributed by atoms with Gasteiger partial charge in [0.25, 0.3) is 5.91 Å². The number of amides is 1. The Balaban J connectivity index is 1.33. The molecule has 4 rings (SSSR count). The number of anilines is 1. The number of aryl methyl sites for hydroxylation is 2. The first-order valence-electron chi connectivity index (χ1n) is 12.4. The minimum Gasteiger partial charge on any atom is -0.369 e. The van der Waals surface area contributed by atoms with Crippen molar-refractivity contribution >= 4 is 11.6 Å². The highest BCUT2D eigenvalue weighted by molar-refractivity contribution is 5.93. The first kappa shape index (κ1) is 24.0. The molecule has 6 heteroatoms. The Hall–Kier alpha value is -3.12. The van der Waals surface area contributed by atoms with Gasteiger partial charge in [0.05, 0.1) is 5.69 Å². The van der Waals surface area contributed by atoms with E-state index in [0.717, 1.165) is 62.8 Å². The van der Waals surface area contributed by atoms with Gasteiger partial charge in [-0.2, -0.15) is 0 Å². The number of piperazine rings is 1. The Labute approximate surface area is 203 Å². The van der Waals surface area contributed by atoms with Crippen LogP contribution in [0.25, 0.3) is 5.69 Å². The third-order valence-corrected chi connectivity index (χ3v) is 6.88. The van der Waals surface area contributed by atoms with Gasteiger partial charge in [0.15, 0.2) is 0 Å². The molecule has 0 aliphatic carbocycles. The molecule has 0 radical (unpaired) electrons. The van der Waals surface area contributed by atoms with Gasteiger partial charge in [-0.3, -0.25) is 9.69 Å². The average Bonchev–Trinajstić information content (AvgIpc) is 3.18.